The van der Waals surface area contributed by atoms with Gasteiger partial charge in [0.05, 0.1) is 5.02 Å². The minimum Gasteiger partial charge on any atom is -0.323 e. The van der Waals surface area contributed by atoms with Gasteiger partial charge in [0.25, 0.3) is 0 Å². The highest BCUT2D eigenvalue weighted by Gasteiger charge is 2.28. The summed E-state index contributed by atoms with van der Waals surface area (Å²) in [7, 11) is 0. The van der Waals surface area contributed by atoms with Gasteiger partial charge in [-0.25, -0.2) is 8.78 Å². The van der Waals surface area contributed by atoms with E-state index in [2.05, 4.69) is 0 Å². The third-order valence-corrected chi connectivity index (χ3v) is 2.62. The van der Waals surface area contributed by atoms with Crippen LogP contribution in [-0.2, 0) is 0 Å². The number of hydrogen-bond acceptors (Lipinski definition) is 1. The third-order valence-electron chi connectivity index (χ3n) is 2.32. The molecule has 5 heteroatoms. The van der Waals surface area contributed by atoms with Crippen LogP contribution in [0, 0.1) is 17.0 Å². The highest BCUT2D eigenvalue weighted by atomic mass is 35.5. The molecule has 0 saturated heterocycles. The molecule has 0 aromatic heterocycles. The zero-order valence-electron chi connectivity index (χ0n) is 9.35. The van der Waals surface area contributed by atoms with Crippen LogP contribution in [0.5, 0.6) is 0 Å². The second-order valence-corrected chi connectivity index (χ2v) is 5.01. The molecule has 0 unspecified atom stereocenters. The summed E-state index contributed by atoms with van der Waals surface area (Å²) in [5.41, 5.74) is 5.24. The van der Waals surface area contributed by atoms with Gasteiger partial charge in [-0.05, 0) is 17.5 Å². The van der Waals surface area contributed by atoms with E-state index in [0.717, 1.165) is 6.07 Å². The zero-order chi connectivity index (χ0) is 11.8. The van der Waals surface area contributed by atoms with Crippen molar-refractivity contribution in [2.45, 2.75) is 26.8 Å². The molecule has 16 heavy (non-hydrogen) atoms. The molecule has 0 heterocycles. The summed E-state index contributed by atoms with van der Waals surface area (Å²) in [5, 5.41) is -0.105. The second kappa shape index (κ2) is 5.30. The van der Waals surface area contributed by atoms with Gasteiger partial charge in [-0.2, -0.15) is 0 Å². The van der Waals surface area contributed by atoms with Gasteiger partial charge in [0.2, 0.25) is 0 Å². The first-order valence-electron chi connectivity index (χ1n) is 4.64. The van der Waals surface area contributed by atoms with Crippen LogP contribution < -0.4 is 5.73 Å². The Balaban J connectivity index is 0.00000225. The summed E-state index contributed by atoms with van der Waals surface area (Å²) in [4.78, 5) is 0. The smallest absolute Gasteiger partial charge is 0.149 e. The fourth-order valence-corrected chi connectivity index (χ4v) is 1.43. The van der Waals surface area contributed by atoms with E-state index in [9.17, 15) is 8.78 Å². The fraction of sp³-hybridized carbons (Fsp3) is 0.455. The van der Waals surface area contributed by atoms with Gasteiger partial charge in [-0.1, -0.05) is 32.4 Å². The van der Waals surface area contributed by atoms with Gasteiger partial charge in [-0.15, -0.1) is 12.4 Å². The van der Waals surface area contributed by atoms with Gasteiger partial charge < -0.3 is 5.73 Å². The average Bonchev–Trinajstić information content (AvgIpc) is 2.10. The van der Waals surface area contributed by atoms with E-state index >= 15 is 0 Å². The van der Waals surface area contributed by atoms with Crippen molar-refractivity contribution >= 4 is 24.0 Å². The lowest BCUT2D eigenvalue weighted by atomic mass is 9.82. The van der Waals surface area contributed by atoms with Crippen molar-refractivity contribution in [2.24, 2.45) is 11.1 Å². The predicted octanol–water partition coefficient (Wildman–Crippen LogP) is 4.09. The number of benzene rings is 1. The Morgan fingerprint density at radius 1 is 1.25 bits per heavy atom. The Kier molecular flexibility index (Phi) is 5.17. The molecule has 0 aliphatic rings. The van der Waals surface area contributed by atoms with E-state index in [4.69, 9.17) is 17.3 Å². The van der Waals surface area contributed by atoms with Crippen molar-refractivity contribution in [2.75, 3.05) is 0 Å². The van der Waals surface area contributed by atoms with E-state index in [-0.39, 0.29) is 23.0 Å². The molecule has 0 bridgehead atoms. The van der Waals surface area contributed by atoms with Crippen molar-refractivity contribution < 1.29 is 8.78 Å². The summed E-state index contributed by atoms with van der Waals surface area (Å²) < 4.78 is 27.0. The quantitative estimate of drug-likeness (QED) is 0.764. The molecule has 0 radical (unpaired) electrons. The molecule has 1 aromatic carbocycles. The Labute approximate surface area is 105 Å². The Bertz CT molecular complexity index is 375. The standard InChI is InChI=1S/C11H14ClF2N.ClH/c1-11(2,3)10(15)8-7(13)5-4-6(12)9(8)14;/h4-5,10H,15H2,1-3H3;1H/t10-;/m0./s1. The molecule has 0 aliphatic heterocycles. The molecule has 1 nitrogen and oxygen atoms in total. The summed E-state index contributed by atoms with van der Waals surface area (Å²) >= 11 is 5.58. The van der Waals surface area contributed by atoms with E-state index in [1.807, 2.05) is 20.8 Å². The molecule has 1 atom stereocenters. The highest BCUT2D eigenvalue weighted by Crippen LogP contribution is 2.35. The lowest BCUT2D eigenvalue weighted by Crippen LogP contribution is -2.28. The first kappa shape index (κ1) is 15.6. The molecular weight excluding hydrogens is 255 g/mol. The molecule has 0 saturated carbocycles. The van der Waals surface area contributed by atoms with Gasteiger partial charge in [0.1, 0.15) is 11.6 Å². The van der Waals surface area contributed by atoms with Gasteiger partial charge in [0, 0.05) is 11.6 Å². The summed E-state index contributed by atoms with van der Waals surface area (Å²) in [6.07, 6.45) is 0. The summed E-state index contributed by atoms with van der Waals surface area (Å²) in [6.45, 7) is 5.45. The Hall–Kier alpha value is -0.380. The molecule has 0 amide bonds. The third kappa shape index (κ3) is 3.06. The van der Waals surface area contributed by atoms with Crippen molar-refractivity contribution in [1.82, 2.24) is 0 Å². The first-order chi connectivity index (χ1) is 6.75. The molecule has 92 valence electrons. The van der Waals surface area contributed by atoms with Crippen LogP contribution in [0.4, 0.5) is 8.78 Å². The van der Waals surface area contributed by atoms with E-state index in [1.165, 1.54) is 6.07 Å². The zero-order valence-corrected chi connectivity index (χ0v) is 10.9. The van der Waals surface area contributed by atoms with E-state index < -0.39 is 23.1 Å². The molecule has 0 spiro atoms. The number of nitrogens with two attached hydrogens (primary N) is 1. The van der Waals surface area contributed by atoms with Gasteiger partial charge >= 0.3 is 0 Å². The normalized spacial score (nSPS) is 13.2. The molecule has 1 aromatic rings. The average molecular weight is 270 g/mol. The molecule has 0 fully saturated rings. The predicted molar refractivity (Wildman–Crippen MR) is 65.0 cm³/mol. The largest absolute Gasteiger partial charge is 0.323 e. The van der Waals surface area contributed by atoms with Crippen molar-refractivity contribution in [1.29, 1.82) is 0 Å². The maximum atomic E-state index is 13.6. The Morgan fingerprint density at radius 2 is 1.75 bits per heavy atom. The maximum Gasteiger partial charge on any atom is 0.149 e. The topological polar surface area (TPSA) is 26.0 Å². The van der Waals surface area contributed by atoms with Crippen molar-refractivity contribution in [3.05, 3.63) is 34.4 Å². The van der Waals surface area contributed by atoms with Crippen LogP contribution in [0.1, 0.15) is 32.4 Å². The SMILES string of the molecule is CC(C)(C)[C@@H](N)c1c(F)ccc(Cl)c1F.Cl. The first-order valence-corrected chi connectivity index (χ1v) is 5.02. The van der Waals surface area contributed by atoms with Crippen LogP contribution in [-0.4, -0.2) is 0 Å². The monoisotopic (exact) mass is 269 g/mol. The lowest BCUT2D eigenvalue weighted by molar-refractivity contribution is 0.310. The van der Waals surface area contributed by atoms with Crippen LogP contribution in [0.2, 0.25) is 5.02 Å². The molecule has 0 aliphatic carbocycles. The number of hydrogen-bond donors (Lipinski definition) is 1. The molecule has 1 rings (SSSR count). The van der Waals surface area contributed by atoms with Crippen LogP contribution in [0.3, 0.4) is 0 Å². The van der Waals surface area contributed by atoms with Crippen molar-refractivity contribution in [3.63, 3.8) is 0 Å². The Morgan fingerprint density at radius 3 is 2.19 bits per heavy atom. The second-order valence-electron chi connectivity index (χ2n) is 4.60. The van der Waals surface area contributed by atoms with Gasteiger partial charge in [0.15, 0.2) is 0 Å². The summed E-state index contributed by atoms with van der Waals surface area (Å²) in [5.74, 6) is -1.42. The van der Waals surface area contributed by atoms with Gasteiger partial charge in [-0.3, -0.25) is 0 Å². The van der Waals surface area contributed by atoms with Crippen LogP contribution in [0.15, 0.2) is 12.1 Å². The maximum absolute atomic E-state index is 13.6. The van der Waals surface area contributed by atoms with Crippen molar-refractivity contribution in [3.8, 4) is 0 Å². The molecular formula is C11H15Cl2F2N. The minimum atomic E-state index is -0.765. The number of halogens is 4. The number of rotatable bonds is 1. The van der Waals surface area contributed by atoms with E-state index in [0.29, 0.717) is 0 Å². The minimum absolute atomic E-state index is 0. The fourth-order valence-electron chi connectivity index (χ4n) is 1.26. The van der Waals surface area contributed by atoms with Crippen LogP contribution >= 0.6 is 24.0 Å². The van der Waals surface area contributed by atoms with E-state index in [1.54, 1.807) is 0 Å². The molecule has 2 N–H and O–H groups in total. The lowest BCUT2D eigenvalue weighted by Gasteiger charge is -2.28. The highest BCUT2D eigenvalue weighted by molar-refractivity contribution is 6.30. The van der Waals surface area contributed by atoms with Crippen LogP contribution in [0.25, 0.3) is 0 Å². The summed E-state index contributed by atoms with van der Waals surface area (Å²) in [6, 6.07) is 1.59.